The van der Waals surface area contributed by atoms with Gasteiger partial charge in [-0.2, -0.15) is 0 Å². The third-order valence-corrected chi connectivity index (χ3v) is 3.09. The van der Waals surface area contributed by atoms with Crippen LogP contribution in [0.5, 0.6) is 0 Å². The molecule has 0 amide bonds. The Kier molecular flexibility index (Phi) is 1.05. The van der Waals surface area contributed by atoms with Gasteiger partial charge in [-0.05, 0) is 0 Å². The fraction of sp³-hybridized carbons (Fsp3) is 0.333. The maximum atomic E-state index is 11.4. The van der Waals surface area contributed by atoms with Crippen LogP contribution in [0.1, 0.15) is 6.42 Å². The third kappa shape index (κ3) is 1.32. The van der Waals surface area contributed by atoms with Crippen molar-refractivity contribution in [2.75, 3.05) is 0 Å². The molecule has 1 radical (unpaired) electrons. The summed E-state index contributed by atoms with van der Waals surface area (Å²) < 4.78 is 33.9. The Labute approximate surface area is 45.3 Å². The van der Waals surface area contributed by atoms with Crippen LogP contribution in [0.2, 0.25) is 0 Å². The van der Waals surface area contributed by atoms with Crippen molar-refractivity contribution < 1.29 is 8.58 Å². The zero-order valence-electron chi connectivity index (χ0n) is 3.30. The molecule has 0 saturated carbocycles. The van der Waals surface area contributed by atoms with Crippen molar-refractivity contribution in [3.8, 4) is 0 Å². The predicted octanol–water partition coefficient (Wildman–Crippen LogP) is 2.97. The summed E-state index contributed by atoms with van der Waals surface area (Å²) in [6.07, 6.45) is 1.47. The van der Waals surface area contributed by atoms with Crippen molar-refractivity contribution >= 4 is 20.2 Å². The van der Waals surface area contributed by atoms with E-state index in [-0.39, 0.29) is 10.0 Å². The van der Waals surface area contributed by atoms with E-state index < -0.39 is 20.2 Å². The first kappa shape index (κ1) is 5.40. The van der Waals surface area contributed by atoms with E-state index in [1.54, 1.807) is 0 Å². The van der Waals surface area contributed by atoms with Gasteiger partial charge >= 0.3 is 44.8 Å². The molecule has 0 bridgehead atoms. The van der Waals surface area contributed by atoms with E-state index in [4.69, 9.17) is 0 Å². The van der Waals surface area contributed by atoms with Gasteiger partial charge in [0.15, 0.2) is 0 Å². The molecule has 0 heterocycles. The SMILES string of the molecule is F[I](F)(F)C1=CC1. The Morgan fingerprint density at radius 2 is 1.86 bits per heavy atom. The molecule has 0 aromatic heterocycles. The van der Waals surface area contributed by atoms with Gasteiger partial charge in [-0.3, -0.25) is 0 Å². The number of halogens is 4. The van der Waals surface area contributed by atoms with Crippen molar-refractivity contribution in [1.82, 2.24) is 0 Å². The van der Waals surface area contributed by atoms with Crippen LogP contribution in [0.3, 0.4) is 0 Å². The van der Waals surface area contributed by atoms with E-state index in [0.717, 1.165) is 0 Å². The number of allylic oxidation sites excluding steroid dienone is 2. The van der Waals surface area contributed by atoms with Gasteiger partial charge in [0.1, 0.15) is 0 Å². The van der Waals surface area contributed by atoms with Crippen LogP contribution in [-0.4, -0.2) is 0 Å². The zero-order valence-corrected chi connectivity index (χ0v) is 5.45. The summed E-state index contributed by atoms with van der Waals surface area (Å²) in [6, 6.07) is 0. The van der Waals surface area contributed by atoms with Crippen LogP contribution in [0, 0.1) is 0 Å². The van der Waals surface area contributed by atoms with Crippen LogP contribution >= 0.6 is 20.2 Å². The Hall–Kier alpha value is 0.260. The van der Waals surface area contributed by atoms with Crippen LogP contribution in [0.25, 0.3) is 0 Å². The molecule has 0 saturated heterocycles. The average Bonchev–Trinajstić information content (AvgIpc) is 1.99. The Morgan fingerprint density at radius 1 is 1.43 bits per heavy atom. The van der Waals surface area contributed by atoms with Gasteiger partial charge in [-0.25, -0.2) is 0 Å². The second kappa shape index (κ2) is 1.37. The molecule has 7 heavy (non-hydrogen) atoms. The zero-order chi connectivity index (χ0) is 5.49. The van der Waals surface area contributed by atoms with Gasteiger partial charge < -0.3 is 0 Å². The average molecular weight is 223 g/mol. The van der Waals surface area contributed by atoms with Gasteiger partial charge in [0.25, 0.3) is 0 Å². The fourth-order valence-electron chi connectivity index (χ4n) is 0.214. The second-order valence-corrected chi connectivity index (χ2v) is 4.76. The second-order valence-electron chi connectivity index (χ2n) is 1.23. The maximum absolute atomic E-state index is 11.4. The van der Waals surface area contributed by atoms with Crippen LogP contribution in [-0.2, 0) is 0 Å². The molecule has 0 nitrogen and oxygen atoms in total. The van der Waals surface area contributed by atoms with Crippen molar-refractivity contribution in [2.45, 2.75) is 6.42 Å². The standard InChI is InChI=1S/C3H3F3I/c4-7(5,6)3-1-2-3/h1H,2H2. The molecule has 0 aromatic carbocycles. The molecule has 0 aromatic rings. The normalized spacial score (nSPS) is 21.3. The van der Waals surface area contributed by atoms with Gasteiger partial charge in [-0.15, -0.1) is 0 Å². The molecule has 0 spiro atoms. The van der Waals surface area contributed by atoms with Gasteiger partial charge in [-0.1, -0.05) is 0 Å². The first-order valence-corrected chi connectivity index (χ1v) is 5.19. The van der Waals surface area contributed by atoms with E-state index in [2.05, 4.69) is 0 Å². The fourth-order valence-corrected chi connectivity index (χ4v) is 1.43. The van der Waals surface area contributed by atoms with E-state index in [0.29, 0.717) is 0 Å². The molecule has 1 rings (SSSR count). The molecule has 0 fully saturated rings. The van der Waals surface area contributed by atoms with E-state index in [1.807, 2.05) is 0 Å². The van der Waals surface area contributed by atoms with E-state index >= 15 is 0 Å². The van der Waals surface area contributed by atoms with Gasteiger partial charge in [0.05, 0.1) is 0 Å². The van der Waals surface area contributed by atoms with E-state index in [9.17, 15) is 8.58 Å². The summed E-state index contributed by atoms with van der Waals surface area (Å²) in [5, 5.41) is 0. The molecule has 43 valence electrons. The third-order valence-electron chi connectivity index (χ3n) is 0.634. The summed E-state index contributed by atoms with van der Waals surface area (Å²) in [5.41, 5.74) is 0. The Bertz CT molecular complexity index is 112. The van der Waals surface area contributed by atoms with Crippen LogP contribution in [0.15, 0.2) is 9.66 Å². The van der Waals surface area contributed by atoms with Crippen molar-refractivity contribution in [1.29, 1.82) is 0 Å². The summed E-state index contributed by atoms with van der Waals surface area (Å²) in [6.45, 7) is 0. The summed E-state index contributed by atoms with van der Waals surface area (Å²) in [5.74, 6) is 0. The molecule has 1 aliphatic rings. The van der Waals surface area contributed by atoms with Crippen LogP contribution < -0.4 is 0 Å². The van der Waals surface area contributed by atoms with Gasteiger partial charge in [0, 0.05) is 0 Å². The number of hydrogen-bond donors (Lipinski definition) is 0. The van der Waals surface area contributed by atoms with Crippen molar-refractivity contribution in [3.05, 3.63) is 9.66 Å². The summed E-state index contributed by atoms with van der Waals surface area (Å²) >= 11 is -5.63. The quantitative estimate of drug-likeness (QED) is 0.599. The molecular weight excluding hydrogens is 220 g/mol. The van der Waals surface area contributed by atoms with Gasteiger partial charge in [0.2, 0.25) is 0 Å². The monoisotopic (exact) mass is 223 g/mol. The molecule has 0 aliphatic heterocycles. The first-order chi connectivity index (χ1) is 3.11. The molecule has 0 atom stereocenters. The predicted molar refractivity (Wildman–Crippen MR) is 30.0 cm³/mol. The van der Waals surface area contributed by atoms with E-state index in [1.165, 1.54) is 6.08 Å². The number of rotatable bonds is 1. The molecule has 1 aliphatic carbocycles. The Morgan fingerprint density at radius 3 is 1.86 bits per heavy atom. The van der Waals surface area contributed by atoms with Crippen LogP contribution in [0.4, 0.5) is 8.58 Å². The van der Waals surface area contributed by atoms with Crippen molar-refractivity contribution in [3.63, 3.8) is 0 Å². The first-order valence-electron chi connectivity index (χ1n) is 1.67. The van der Waals surface area contributed by atoms with Crippen molar-refractivity contribution in [2.24, 2.45) is 0 Å². The Balaban J connectivity index is 2.53. The summed E-state index contributed by atoms with van der Waals surface area (Å²) in [7, 11) is 0. The molecular formula is C3H3F3I. The summed E-state index contributed by atoms with van der Waals surface area (Å²) in [4.78, 5) is 0. The topological polar surface area (TPSA) is 0 Å². The molecule has 0 N–H and O–H groups in total. The molecule has 4 heteroatoms. The number of hydrogen-bond acceptors (Lipinski definition) is 0. The molecule has 0 unspecified atom stereocenters. The minimum atomic E-state index is -5.63. The minimum absolute atomic E-state index is 0.202.